The molecule has 0 saturated carbocycles. The largest absolute Gasteiger partial charge is 0.534 e. The fourth-order valence-electron chi connectivity index (χ4n) is 0.998. The summed E-state index contributed by atoms with van der Waals surface area (Å²) in [6, 6.07) is 0.0808. The van der Waals surface area contributed by atoms with Crippen molar-refractivity contribution < 1.29 is 48.5 Å². The molecule has 1 aromatic rings. The fraction of sp³-hybridized carbons (Fsp3) is 0.375. The smallest absolute Gasteiger partial charge is 0.462 e. The van der Waals surface area contributed by atoms with Gasteiger partial charge < -0.3 is 8.92 Å². The number of carbonyl (C=O) groups excluding carboxylic acids is 1. The van der Waals surface area contributed by atoms with Crippen LogP contribution in [0.4, 0.5) is 26.3 Å². The quantitative estimate of drug-likeness (QED) is 0.350. The number of halogens is 6. The van der Waals surface area contributed by atoms with E-state index in [4.69, 9.17) is 0 Å². The Labute approximate surface area is 117 Å². The van der Waals surface area contributed by atoms with Crippen molar-refractivity contribution in [2.24, 2.45) is 0 Å². The summed E-state index contributed by atoms with van der Waals surface area (Å²) in [5.74, 6) is -1.20. The first-order valence-corrected chi connectivity index (χ1v) is 6.87. The molecule has 0 aromatic carbocycles. The van der Waals surface area contributed by atoms with Gasteiger partial charge in [0, 0.05) is 6.07 Å². The first kappa shape index (κ1) is 17.6. The second-order valence-corrected chi connectivity index (χ2v) is 5.96. The lowest BCUT2D eigenvalue weighted by Crippen LogP contribution is -2.28. The number of thiophene rings is 1. The van der Waals surface area contributed by atoms with Crippen LogP contribution in [0.15, 0.2) is 6.07 Å². The Kier molecular flexibility index (Phi) is 4.77. The summed E-state index contributed by atoms with van der Waals surface area (Å²) in [6.07, 6.45) is -4.93. The predicted molar refractivity (Wildman–Crippen MR) is 55.8 cm³/mol. The average Bonchev–Trinajstić information content (AvgIpc) is 2.67. The molecule has 0 atom stereocenters. The molecule has 0 aliphatic heterocycles. The summed E-state index contributed by atoms with van der Waals surface area (Å²) < 4.78 is 103. The fourth-order valence-corrected chi connectivity index (χ4v) is 2.41. The Morgan fingerprint density at radius 3 is 2.19 bits per heavy atom. The van der Waals surface area contributed by atoms with Crippen molar-refractivity contribution in [3.8, 4) is 5.75 Å². The van der Waals surface area contributed by atoms with Crippen molar-refractivity contribution in [3.05, 3.63) is 15.8 Å². The highest BCUT2D eigenvalue weighted by Crippen LogP contribution is 2.41. The Hall–Kier alpha value is -1.50. The molecule has 0 bridgehead atoms. The van der Waals surface area contributed by atoms with Gasteiger partial charge in [-0.2, -0.15) is 34.8 Å². The van der Waals surface area contributed by atoms with Crippen molar-refractivity contribution in [2.45, 2.75) is 18.3 Å². The summed E-state index contributed by atoms with van der Waals surface area (Å²) in [4.78, 5) is 7.92. The molecular weight excluding hydrogens is 354 g/mol. The van der Waals surface area contributed by atoms with E-state index in [1.807, 2.05) is 0 Å². The zero-order chi connectivity index (χ0) is 16.5. The van der Waals surface area contributed by atoms with Crippen LogP contribution in [-0.4, -0.2) is 20.4 Å². The van der Waals surface area contributed by atoms with Gasteiger partial charge in [0.15, 0.2) is 5.75 Å². The van der Waals surface area contributed by atoms with Crippen molar-refractivity contribution in [1.82, 2.24) is 0 Å². The van der Waals surface area contributed by atoms with Crippen LogP contribution < -0.4 is 4.18 Å². The topological polar surface area (TPSA) is 69.7 Å². The van der Waals surface area contributed by atoms with Crippen molar-refractivity contribution in [3.63, 3.8) is 0 Å². The maximum Gasteiger partial charge on any atom is 0.534 e. The second-order valence-electron chi connectivity index (χ2n) is 3.29. The van der Waals surface area contributed by atoms with E-state index in [1.165, 1.54) is 0 Å². The number of rotatable bonds is 5. The molecule has 0 spiro atoms. The van der Waals surface area contributed by atoms with Gasteiger partial charge in [-0.3, -0.25) is 4.79 Å². The minimum absolute atomic E-state index is 0.0808. The van der Waals surface area contributed by atoms with E-state index < -0.39 is 43.9 Å². The normalized spacial score (nSPS) is 13.0. The Morgan fingerprint density at radius 2 is 1.76 bits per heavy atom. The summed E-state index contributed by atoms with van der Waals surface area (Å²) in [5, 5.41) is 0. The van der Waals surface area contributed by atoms with E-state index in [0.717, 1.165) is 0 Å². The van der Waals surface area contributed by atoms with Crippen molar-refractivity contribution in [1.29, 1.82) is 0 Å². The Morgan fingerprint density at radius 1 is 1.19 bits per heavy atom. The molecule has 1 aromatic heterocycles. The number of alkyl halides is 6. The third-order valence-corrected chi connectivity index (χ3v) is 3.92. The van der Waals surface area contributed by atoms with Gasteiger partial charge in [-0.25, -0.2) is 0 Å². The molecule has 1 heterocycles. The monoisotopic (exact) mass is 358 g/mol. The lowest BCUT2D eigenvalue weighted by atomic mass is 10.4. The van der Waals surface area contributed by atoms with Gasteiger partial charge in [0.1, 0.15) is 11.5 Å². The van der Waals surface area contributed by atoms with Gasteiger partial charge >= 0.3 is 21.8 Å². The molecule has 0 N–H and O–H groups in total. The molecule has 0 saturated heterocycles. The molecule has 5 nitrogen and oxygen atoms in total. The molecule has 0 radical (unpaired) electrons. The number of ether oxygens (including phenoxy) is 1. The first-order valence-electron chi connectivity index (χ1n) is 4.64. The standard InChI is InChI=1S/C8H4F6O5S2/c9-7(10,11)6-1-4(5(20-6)2-18-3-15)19-21(16,17)8(12,13)14/h1,3H,2H2. The second kappa shape index (κ2) is 5.71. The Bertz CT molecular complexity index is 614. The highest BCUT2D eigenvalue weighted by atomic mass is 32.2. The van der Waals surface area contributed by atoms with E-state index in [2.05, 4.69) is 8.92 Å². The third kappa shape index (κ3) is 4.23. The molecule has 21 heavy (non-hydrogen) atoms. The van der Waals surface area contributed by atoms with Gasteiger partial charge in [0.25, 0.3) is 6.47 Å². The molecule has 0 aliphatic carbocycles. The van der Waals surface area contributed by atoms with Gasteiger partial charge in [-0.1, -0.05) is 0 Å². The van der Waals surface area contributed by atoms with E-state index in [-0.39, 0.29) is 23.9 Å². The van der Waals surface area contributed by atoms with Gasteiger partial charge in [-0.05, 0) is 0 Å². The predicted octanol–water partition coefficient (Wildman–Crippen LogP) is 2.67. The van der Waals surface area contributed by atoms with Gasteiger partial charge in [0.05, 0.1) is 4.88 Å². The molecule has 120 valence electrons. The number of hydrogen-bond acceptors (Lipinski definition) is 6. The summed E-state index contributed by atoms with van der Waals surface area (Å²) in [5.41, 5.74) is -5.81. The minimum atomic E-state index is -6.14. The summed E-state index contributed by atoms with van der Waals surface area (Å²) in [6.45, 7) is -1.04. The van der Waals surface area contributed by atoms with Crippen molar-refractivity contribution in [2.75, 3.05) is 0 Å². The van der Waals surface area contributed by atoms with Crippen LogP contribution in [0.1, 0.15) is 9.75 Å². The average molecular weight is 358 g/mol. The lowest BCUT2D eigenvalue weighted by Gasteiger charge is -2.09. The van der Waals surface area contributed by atoms with Crippen LogP contribution in [0.25, 0.3) is 0 Å². The van der Waals surface area contributed by atoms with Crippen LogP contribution in [0.3, 0.4) is 0 Å². The maximum absolute atomic E-state index is 12.4. The Balaban J connectivity index is 3.21. The molecular formula is C8H4F6O5S2. The number of carbonyl (C=O) groups is 1. The van der Waals surface area contributed by atoms with Crippen LogP contribution in [0.5, 0.6) is 5.75 Å². The molecule has 0 aliphatic rings. The van der Waals surface area contributed by atoms with E-state index >= 15 is 0 Å². The number of hydrogen-bond donors (Lipinski definition) is 0. The van der Waals surface area contributed by atoms with E-state index in [0.29, 0.717) is 0 Å². The van der Waals surface area contributed by atoms with Crippen LogP contribution in [-0.2, 0) is 32.4 Å². The summed E-state index contributed by atoms with van der Waals surface area (Å²) in [7, 11) is -6.14. The van der Waals surface area contributed by atoms with Crippen LogP contribution >= 0.6 is 11.3 Å². The zero-order valence-electron chi connectivity index (χ0n) is 9.49. The lowest BCUT2D eigenvalue weighted by molar-refractivity contribution is -0.134. The molecule has 0 amide bonds. The van der Waals surface area contributed by atoms with Crippen LogP contribution in [0.2, 0.25) is 0 Å². The highest BCUT2D eigenvalue weighted by molar-refractivity contribution is 7.88. The maximum atomic E-state index is 12.4. The highest BCUT2D eigenvalue weighted by Gasteiger charge is 2.49. The molecule has 0 fully saturated rings. The summed E-state index contributed by atoms with van der Waals surface area (Å²) >= 11 is -0.108. The molecule has 0 unspecified atom stereocenters. The minimum Gasteiger partial charge on any atom is -0.462 e. The van der Waals surface area contributed by atoms with Crippen molar-refractivity contribution >= 4 is 27.9 Å². The first-order chi connectivity index (χ1) is 9.38. The third-order valence-electron chi connectivity index (χ3n) is 1.81. The van der Waals surface area contributed by atoms with Gasteiger partial charge in [0.2, 0.25) is 0 Å². The molecule has 13 heteroatoms. The van der Waals surface area contributed by atoms with Crippen LogP contribution in [0, 0.1) is 0 Å². The molecule has 1 rings (SSSR count). The SMILES string of the molecule is O=COCc1sc(C(F)(F)F)cc1OS(=O)(=O)C(F)(F)F. The van der Waals surface area contributed by atoms with E-state index in [1.54, 1.807) is 0 Å². The van der Waals surface area contributed by atoms with Gasteiger partial charge in [-0.15, -0.1) is 11.3 Å². The zero-order valence-corrected chi connectivity index (χ0v) is 11.1. The van der Waals surface area contributed by atoms with E-state index in [9.17, 15) is 39.6 Å².